The first kappa shape index (κ1) is 28.6. The van der Waals surface area contributed by atoms with Gasteiger partial charge in [-0.15, -0.1) is 0 Å². The summed E-state index contributed by atoms with van der Waals surface area (Å²) in [5.41, 5.74) is -1.79. The number of ether oxygens (including phenoxy) is 1. The van der Waals surface area contributed by atoms with Crippen molar-refractivity contribution < 1.29 is 31.8 Å². The molecule has 8 rings (SSSR count). The Hall–Kier alpha value is -3.84. The Bertz CT molecular complexity index is 1810. The summed E-state index contributed by atoms with van der Waals surface area (Å²) in [5.74, 6) is -2.33. The number of nitrogens with one attached hydrogen (secondary N) is 1. The molecular weight excluding hydrogens is 595 g/mol. The third-order valence-electron chi connectivity index (χ3n) is 9.95. The molecule has 2 aromatic heterocycles. The summed E-state index contributed by atoms with van der Waals surface area (Å²) < 4.78 is 80.5. The quantitative estimate of drug-likeness (QED) is 0.265. The molecule has 4 fully saturated rings. The second kappa shape index (κ2) is 10.6. The lowest BCUT2D eigenvalue weighted by Crippen LogP contribution is -2.51. The number of anilines is 1. The highest BCUT2D eigenvalue weighted by Crippen LogP contribution is 2.44. The van der Waals surface area contributed by atoms with E-state index >= 15 is 13.2 Å². The van der Waals surface area contributed by atoms with Gasteiger partial charge in [0.25, 0.3) is 6.43 Å². The number of hydrogen-bond acceptors (Lipinski definition) is 8. The summed E-state index contributed by atoms with van der Waals surface area (Å²) in [6.45, 7) is 2.38. The fourth-order valence-electron chi connectivity index (χ4n) is 7.98. The van der Waals surface area contributed by atoms with Crippen LogP contribution >= 0.6 is 0 Å². The molecule has 13 heteroatoms. The number of phenols is 1. The van der Waals surface area contributed by atoms with E-state index in [2.05, 4.69) is 20.2 Å². The Morgan fingerprint density at radius 1 is 1.09 bits per heavy atom. The average Bonchev–Trinajstić information content (AvgIpc) is 3.66. The van der Waals surface area contributed by atoms with Gasteiger partial charge in [-0.1, -0.05) is 6.07 Å². The summed E-state index contributed by atoms with van der Waals surface area (Å²) >= 11 is 0. The highest BCUT2D eigenvalue weighted by atomic mass is 19.3. The Kier molecular flexibility index (Phi) is 6.75. The number of halogens is 5. The van der Waals surface area contributed by atoms with Crippen molar-refractivity contribution in [3.8, 4) is 23.0 Å². The van der Waals surface area contributed by atoms with Crippen LogP contribution < -0.4 is 15.0 Å². The van der Waals surface area contributed by atoms with E-state index in [0.29, 0.717) is 31.9 Å². The van der Waals surface area contributed by atoms with Gasteiger partial charge >= 0.3 is 6.01 Å². The van der Waals surface area contributed by atoms with Gasteiger partial charge in [0.1, 0.15) is 24.3 Å². The molecule has 0 radical (unpaired) electrons. The zero-order chi connectivity index (χ0) is 31.0. The minimum absolute atomic E-state index is 0.106. The molecule has 0 amide bonds. The van der Waals surface area contributed by atoms with Crippen LogP contribution in [0.1, 0.15) is 44.1 Å². The number of nitrogens with zero attached hydrogens (tertiary/aromatic N) is 5. The van der Waals surface area contributed by atoms with Gasteiger partial charge in [0, 0.05) is 55.3 Å². The first-order chi connectivity index (χ1) is 21.7. The van der Waals surface area contributed by atoms with Gasteiger partial charge in [0.2, 0.25) is 0 Å². The third kappa shape index (κ3) is 4.73. The Morgan fingerprint density at radius 3 is 2.67 bits per heavy atom. The van der Waals surface area contributed by atoms with E-state index in [0.717, 1.165) is 44.4 Å². The molecule has 4 saturated heterocycles. The smallest absolute Gasteiger partial charge is 0.319 e. The Morgan fingerprint density at radius 2 is 1.89 bits per heavy atom. The van der Waals surface area contributed by atoms with Crippen molar-refractivity contribution in [1.82, 2.24) is 25.2 Å². The average molecular weight is 627 g/mol. The predicted molar refractivity (Wildman–Crippen MR) is 158 cm³/mol. The van der Waals surface area contributed by atoms with Crippen LogP contribution in [0.2, 0.25) is 0 Å². The van der Waals surface area contributed by atoms with Crippen molar-refractivity contribution in [3.63, 3.8) is 0 Å². The Labute approximate surface area is 255 Å². The van der Waals surface area contributed by atoms with E-state index in [1.165, 1.54) is 18.3 Å². The molecule has 0 spiro atoms. The van der Waals surface area contributed by atoms with Crippen molar-refractivity contribution in [3.05, 3.63) is 47.7 Å². The number of aromatic hydroxyl groups is 1. The number of aromatic nitrogens is 3. The van der Waals surface area contributed by atoms with Crippen LogP contribution in [0.15, 0.2) is 30.5 Å². The summed E-state index contributed by atoms with van der Waals surface area (Å²) in [5, 5.41) is 14.1. The van der Waals surface area contributed by atoms with Gasteiger partial charge in [0.15, 0.2) is 11.6 Å². The van der Waals surface area contributed by atoms with Crippen LogP contribution in [0.3, 0.4) is 0 Å². The molecule has 6 heterocycles. The van der Waals surface area contributed by atoms with Gasteiger partial charge in [-0.3, -0.25) is 9.88 Å². The molecule has 4 aliphatic rings. The number of hydrogen-bond donors (Lipinski definition) is 2. The fraction of sp³-hybridized carbons (Fsp3) is 0.469. The number of phenolic OH excluding ortho intramolecular Hbond substituents is 1. The highest BCUT2D eigenvalue weighted by Gasteiger charge is 2.49. The molecule has 8 nitrogen and oxygen atoms in total. The van der Waals surface area contributed by atoms with Crippen molar-refractivity contribution in [2.75, 3.05) is 37.7 Å². The molecule has 2 bridgehead atoms. The van der Waals surface area contributed by atoms with Gasteiger partial charge < -0.3 is 20.1 Å². The lowest BCUT2D eigenvalue weighted by atomic mass is 9.95. The highest BCUT2D eigenvalue weighted by molar-refractivity contribution is 6.02. The number of fused-ring (bicyclic) bond motifs is 5. The van der Waals surface area contributed by atoms with Crippen LogP contribution in [0.4, 0.5) is 27.8 Å². The van der Waals surface area contributed by atoms with Crippen LogP contribution in [0.25, 0.3) is 32.9 Å². The fourth-order valence-corrected chi connectivity index (χ4v) is 7.98. The second-order valence-electron chi connectivity index (χ2n) is 12.8. The van der Waals surface area contributed by atoms with Gasteiger partial charge in [0.05, 0.1) is 27.7 Å². The normalized spacial score (nSPS) is 26.4. The predicted octanol–water partition coefficient (Wildman–Crippen LogP) is 5.66. The molecular formula is C32H31F5N6O2. The maximum absolute atomic E-state index is 15.2. The molecule has 2 N–H and O–H groups in total. The summed E-state index contributed by atoms with van der Waals surface area (Å²) in [6.07, 6.45) is 1.19. The van der Waals surface area contributed by atoms with Crippen LogP contribution in [-0.4, -0.2) is 81.5 Å². The van der Waals surface area contributed by atoms with Crippen molar-refractivity contribution in [1.29, 1.82) is 0 Å². The lowest BCUT2D eigenvalue weighted by Gasteiger charge is -2.34. The van der Waals surface area contributed by atoms with Crippen LogP contribution in [-0.2, 0) is 0 Å². The summed E-state index contributed by atoms with van der Waals surface area (Å²) in [4.78, 5) is 17.7. The number of pyridine rings is 1. The number of rotatable bonds is 6. The molecule has 0 saturated carbocycles. The maximum atomic E-state index is 15.2. The van der Waals surface area contributed by atoms with Gasteiger partial charge in [-0.2, -0.15) is 9.97 Å². The van der Waals surface area contributed by atoms with Gasteiger partial charge in [-0.05, 0) is 55.8 Å². The third-order valence-corrected chi connectivity index (χ3v) is 9.95. The van der Waals surface area contributed by atoms with E-state index in [1.54, 1.807) is 0 Å². The number of benzene rings is 2. The SMILES string of the molecule is Oc1cc(-c2ncc3c(N4CC5CCC(C4)N5)nc(OC[C@@]45CCCN4CC(F)C5)nc3c2C(F)F)c2c(F)c(F)ccc2c1. The van der Waals surface area contributed by atoms with E-state index in [-0.39, 0.29) is 63.4 Å². The molecule has 4 aliphatic heterocycles. The lowest BCUT2D eigenvalue weighted by molar-refractivity contribution is 0.107. The topological polar surface area (TPSA) is 86.6 Å². The van der Waals surface area contributed by atoms with Crippen molar-refractivity contribution in [2.45, 2.75) is 62.3 Å². The molecule has 236 valence electrons. The zero-order valence-corrected chi connectivity index (χ0v) is 24.2. The summed E-state index contributed by atoms with van der Waals surface area (Å²) in [6, 6.07) is 4.80. The van der Waals surface area contributed by atoms with Crippen LogP contribution in [0, 0.1) is 11.6 Å². The van der Waals surface area contributed by atoms with E-state index < -0.39 is 35.3 Å². The summed E-state index contributed by atoms with van der Waals surface area (Å²) in [7, 11) is 0. The number of alkyl halides is 3. The molecule has 4 atom stereocenters. The molecule has 3 unspecified atom stereocenters. The standard InChI is InChI=1S/C32H31F5N6O2/c33-17-10-32(6-1-7-43(32)12-17)15-45-31-40-28-22(30(41-31)42-13-18-3-4-19(14-42)39-18)11-38-27(25(28)29(36)37)21-9-20(44)8-16-2-5-23(34)26(35)24(16)21/h2,5,8-9,11,17-19,29,39,44H,1,3-4,6-7,10,12-15H2/t17?,18?,19?,32-/m0/s1. The minimum Gasteiger partial charge on any atom is -0.508 e. The first-order valence-corrected chi connectivity index (χ1v) is 15.3. The van der Waals surface area contributed by atoms with Crippen LogP contribution in [0.5, 0.6) is 11.8 Å². The van der Waals surface area contributed by atoms with Gasteiger partial charge in [-0.25, -0.2) is 22.0 Å². The van der Waals surface area contributed by atoms with Crippen molar-refractivity contribution in [2.24, 2.45) is 0 Å². The minimum atomic E-state index is -3.13. The molecule has 0 aliphatic carbocycles. The molecule has 2 aromatic carbocycles. The molecule has 45 heavy (non-hydrogen) atoms. The molecule has 4 aromatic rings. The Balaban J connectivity index is 1.31. The zero-order valence-electron chi connectivity index (χ0n) is 24.2. The van der Waals surface area contributed by atoms with Crippen molar-refractivity contribution >= 4 is 27.5 Å². The first-order valence-electron chi connectivity index (χ1n) is 15.3. The maximum Gasteiger partial charge on any atom is 0.319 e. The van der Waals surface area contributed by atoms with E-state index in [1.807, 2.05) is 4.90 Å². The van der Waals surface area contributed by atoms with E-state index in [9.17, 15) is 13.9 Å². The second-order valence-corrected chi connectivity index (χ2v) is 12.8. The van der Waals surface area contributed by atoms with E-state index in [4.69, 9.17) is 9.72 Å². The monoisotopic (exact) mass is 626 g/mol. The largest absolute Gasteiger partial charge is 0.508 e. The number of piperazine rings is 1.